The quantitative estimate of drug-likeness (QED) is 0.781. The number of morpholine rings is 1. The molecule has 7 heteroatoms. The second-order valence-corrected chi connectivity index (χ2v) is 7.30. The van der Waals surface area contributed by atoms with Gasteiger partial charge < -0.3 is 13.8 Å². The van der Waals surface area contributed by atoms with Crippen LogP contribution in [-0.2, 0) is 14.9 Å². The molecule has 0 aliphatic carbocycles. The largest absolute Gasteiger partial charge is 0.378 e. The highest BCUT2D eigenvalue weighted by Gasteiger charge is 2.24. The van der Waals surface area contributed by atoms with E-state index >= 15 is 0 Å². The van der Waals surface area contributed by atoms with Gasteiger partial charge in [0.15, 0.2) is 5.75 Å². The Bertz CT molecular complexity index is 855. The molecule has 1 amide bonds. The molecule has 0 unspecified atom stereocenters. The summed E-state index contributed by atoms with van der Waals surface area (Å²) in [5.41, 5.74) is 1.17. The smallest absolute Gasteiger partial charge is 0.339 e. The lowest BCUT2D eigenvalue weighted by molar-refractivity contribution is 0.0302. The van der Waals surface area contributed by atoms with Crippen LogP contribution in [-0.4, -0.2) is 45.5 Å². The van der Waals surface area contributed by atoms with Crippen LogP contribution in [0.15, 0.2) is 53.4 Å². The molecule has 1 heterocycles. The van der Waals surface area contributed by atoms with Crippen molar-refractivity contribution < 1.29 is 22.1 Å². The van der Waals surface area contributed by atoms with Gasteiger partial charge in [-0.1, -0.05) is 29.8 Å². The molecule has 0 N–H and O–H groups in total. The number of rotatable bonds is 4. The van der Waals surface area contributed by atoms with Crippen molar-refractivity contribution in [1.82, 2.24) is 4.90 Å². The van der Waals surface area contributed by atoms with Crippen LogP contribution in [0.2, 0.25) is 0 Å². The van der Waals surface area contributed by atoms with E-state index in [0.29, 0.717) is 26.3 Å². The minimum atomic E-state index is -4.01. The van der Waals surface area contributed by atoms with E-state index in [1.54, 1.807) is 35.2 Å². The Kier molecular flexibility index (Phi) is 5.06. The minimum Gasteiger partial charge on any atom is -0.378 e. The Labute approximate surface area is 147 Å². The molecule has 25 heavy (non-hydrogen) atoms. The van der Waals surface area contributed by atoms with Gasteiger partial charge in [0.1, 0.15) is 4.90 Å². The Hall–Kier alpha value is -2.38. The average Bonchev–Trinajstić information content (AvgIpc) is 2.62. The summed E-state index contributed by atoms with van der Waals surface area (Å²) in [6.07, 6.45) is 0. The van der Waals surface area contributed by atoms with Gasteiger partial charge in [0.05, 0.1) is 18.8 Å². The van der Waals surface area contributed by atoms with Gasteiger partial charge in [0.2, 0.25) is 0 Å². The zero-order valence-electron chi connectivity index (χ0n) is 13.8. The summed E-state index contributed by atoms with van der Waals surface area (Å²) in [5, 5.41) is 0. The maximum absolute atomic E-state index is 12.7. The summed E-state index contributed by atoms with van der Waals surface area (Å²) in [6, 6.07) is 12.7. The lowest BCUT2D eigenvalue weighted by Crippen LogP contribution is -2.40. The van der Waals surface area contributed by atoms with Crippen LogP contribution in [0.5, 0.6) is 5.75 Å². The molecule has 1 fully saturated rings. The van der Waals surface area contributed by atoms with Crippen molar-refractivity contribution in [3.63, 3.8) is 0 Å². The van der Waals surface area contributed by atoms with Crippen LogP contribution < -0.4 is 4.18 Å². The third-order valence-electron chi connectivity index (χ3n) is 3.92. The van der Waals surface area contributed by atoms with E-state index in [9.17, 15) is 13.2 Å². The van der Waals surface area contributed by atoms with Gasteiger partial charge in [0.25, 0.3) is 5.91 Å². The number of aryl methyl sites for hydroxylation is 1. The molecule has 0 atom stereocenters. The van der Waals surface area contributed by atoms with E-state index in [0.717, 1.165) is 5.56 Å². The van der Waals surface area contributed by atoms with Gasteiger partial charge in [-0.3, -0.25) is 4.79 Å². The second-order valence-electron chi connectivity index (χ2n) is 5.75. The van der Waals surface area contributed by atoms with E-state index in [1.165, 1.54) is 18.2 Å². The fourth-order valence-electron chi connectivity index (χ4n) is 2.52. The van der Waals surface area contributed by atoms with Crippen LogP contribution in [0, 0.1) is 6.92 Å². The van der Waals surface area contributed by atoms with Gasteiger partial charge in [-0.15, -0.1) is 0 Å². The lowest BCUT2D eigenvalue weighted by Gasteiger charge is -2.27. The van der Waals surface area contributed by atoms with Crippen LogP contribution in [0.25, 0.3) is 0 Å². The molecule has 2 aromatic carbocycles. The average molecular weight is 361 g/mol. The molecular weight excluding hydrogens is 342 g/mol. The Balaban J connectivity index is 1.88. The van der Waals surface area contributed by atoms with E-state index in [4.69, 9.17) is 8.92 Å². The predicted molar refractivity (Wildman–Crippen MR) is 92.2 cm³/mol. The number of benzene rings is 2. The lowest BCUT2D eigenvalue weighted by atomic mass is 10.1. The summed E-state index contributed by atoms with van der Waals surface area (Å²) >= 11 is 0. The summed E-state index contributed by atoms with van der Waals surface area (Å²) in [6.45, 7) is 3.75. The highest BCUT2D eigenvalue weighted by Crippen LogP contribution is 2.24. The van der Waals surface area contributed by atoms with E-state index in [1.807, 2.05) is 6.92 Å². The molecule has 3 rings (SSSR count). The SMILES string of the molecule is Cc1ccc(S(=O)(=O)Oc2ccccc2C(=O)N2CCOCC2)cc1. The first-order valence-electron chi connectivity index (χ1n) is 7.94. The molecule has 0 radical (unpaired) electrons. The number of nitrogens with zero attached hydrogens (tertiary/aromatic N) is 1. The van der Waals surface area contributed by atoms with Gasteiger partial charge in [0, 0.05) is 13.1 Å². The highest BCUT2D eigenvalue weighted by atomic mass is 32.2. The Morgan fingerprint density at radius 2 is 1.68 bits per heavy atom. The van der Waals surface area contributed by atoms with Crippen molar-refractivity contribution >= 4 is 16.0 Å². The maximum atomic E-state index is 12.7. The topological polar surface area (TPSA) is 72.9 Å². The first-order valence-corrected chi connectivity index (χ1v) is 9.35. The molecule has 1 aliphatic rings. The van der Waals surface area contributed by atoms with E-state index in [-0.39, 0.29) is 22.1 Å². The molecule has 132 valence electrons. The Morgan fingerprint density at radius 3 is 2.36 bits per heavy atom. The monoisotopic (exact) mass is 361 g/mol. The summed E-state index contributed by atoms with van der Waals surface area (Å²) in [7, 11) is -4.01. The molecule has 1 aliphatic heterocycles. The normalized spacial score (nSPS) is 15.0. The van der Waals surface area contributed by atoms with Crippen LogP contribution in [0.4, 0.5) is 0 Å². The number of carbonyl (C=O) groups is 1. The zero-order chi connectivity index (χ0) is 17.9. The number of ether oxygens (including phenoxy) is 1. The molecular formula is C18H19NO5S. The van der Waals surface area contributed by atoms with Crippen LogP contribution in [0.3, 0.4) is 0 Å². The number of amides is 1. The summed E-state index contributed by atoms with van der Waals surface area (Å²) in [4.78, 5) is 14.4. The molecule has 0 spiro atoms. The first kappa shape index (κ1) is 17.4. The molecule has 0 saturated carbocycles. The number of para-hydroxylation sites is 1. The van der Waals surface area contributed by atoms with Crippen LogP contribution in [0.1, 0.15) is 15.9 Å². The van der Waals surface area contributed by atoms with Crippen molar-refractivity contribution in [2.45, 2.75) is 11.8 Å². The second kappa shape index (κ2) is 7.25. The van der Waals surface area contributed by atoms with Crippen molar-refractivity contribution in [3.05, 3.63) is 59.7 Å². The Morgan fingerprint density at radius 1 is 1.04 bits per heavy atom. The van der Waals surface area contributed by atoms with Crippen LogP contribution >= 0.6 is 0 Å². The number of hydrogen-bond acceptors (Lipinski definition) is 5. The third kappa shape index (κ3) is 4.00. The van der Waals surface area contributed by atoms with Crippen molar-refractivity contribution in [3.8, 4) is 5.75 Å². The van der Waals surface area contributed by atoms with Crippen molar-refractivity contribution in [1.29, 1.82) is 0 Å². The maximum Gasteiger partial charge on any atom is 0.339 e. The molecule has 6 nitrogen and oxygen atoms in total. The van der Waals surface area contributed by atoms with Crippen molar-refractivity contribution in [2.24, 2.45) is 0 Å². The highest BCUT2D eigenvalue weighted by molar-refractivity contribution is 7.87. The molecule has 0 bridgehead atoms. The third-order valence-corrected chi connectivity index (χ3v) is 5.17. The fourth-order valence-corrected chi connectivity index (χ4v) is 3.47. The first-order chi connectivity index (χ1) is 12.0. The predicted octanol–water partition coefficient (Wildman–Crippen LogP) is 2.24. The molecule has 1 saturated heterocycles. The van der Waals surface area contributed by atoms with E-state index < -0.39 is 10.1 Å². The van der Waals surface area contributed by atoms with E-state index in [2.05, 4.69) is 0 Å². The number of carbonyl (C=O) groups excluding carboxylic acids is 1. The summed E-state index contributed by atoms with van der Waals surface area (Å²) < 4.78 is 35.5. The van der Waals surface area contributed by atoms with Gasteiger partial charge in [-0.2, -0.15) is 8.42 Å². The van der Waals surface area contributed by atoms with Gasteiger partial charge in [-0.05, 0) is 31.2 Å². The molecule has 0 aromatic heterocycles. The standard InChI is InChI=1S/C18H19NO5S/c1-14-6-8-15(9-7-14)25(21,22)24-17-5-3-2-4-16(17)18(20)19-10-12-23-13-11-19/h2-9H,10-13H2,1H3. The summed E-state index contributed by atoms with van der Waals surface area (Å²) in [5.74, 6) is -0.238. The van der Waals surface area contributed by atoms with Crippen molar-refractivity contribution in [2.75, 3.05) is 26.3 Å². The fraction of sp³-hybridized carbons (Fsp3) is 0.278. The zero-order valence-corrected chi connectivity index (χ0v) is 14.7. The number of hydrogen-bond donors (Lipinski definition) is 0. The van der Waals surface area contributed by atoms with Gasteiger partial charge >= 0.3 is 10.1 Å². The van der Waals surface area contributed by atoms with Gasteiger partial charge in [-0.25, -0.2) is 0 Å². The molecule has 2 aromatic rings. The minimum absolute atomic E-state index is 0.0274.